The third-order valence-corrected chi connectivity index (χ3v) is 4.14. The molecule has 2 heterocycles. The first-order valence-electron chi connectivity index (χ1n) is 4.90. The Labute approximate surface area is 84.2 Å². The Balaban J connectivity index is 2.47. The van der Waals surface area contributed by atoms with Gasteiger partial charge in [0.1, 0.15) is 0 Å². The van der Waals surface area contributed by atoms with Crippen LogP contribution in [-0.4, -0.2) is 13.1 Å². The van der Waals surface area contributed by atoms with Gasteiger partial charge in [0, 0.05) is 21.7 Å². The minimum atomic E-state index is 0.324. The number of hydrogen-bond acceptors (Lipinski definition) is 2. The molecule has 1 nitrogen and oxygen atoms in total. The van der Waals surface area contributed by atoms with E-state index < -0.39 is 0 Å². The van der Waals surface area contributed by atoms with E-state index in [1.54, 1.807) is 10.4 Å². The molecule has 1 aliphatic heterocycles. The van der Waals surface area contributed by atoms with Gasteiger partial charge in [-0.05, 0) is 31.5 Å². The van der Waals surface area contributed by atoms with Crippen LogP contribution in [0.15, 0.2) is 6.07 Å². The Morgan fingerprint density at radius 1 is 1.46 bits per heavy atom. The maximum Gasteiger partial charge on any atom is 0.0149 e. The monoisotopic (exact) mass is 195 g/mol. The van der Waals surface area contributed by atoms with Gasteiger partial charge in [0.2, 0.25) is 0 Å². The van der Waals surface area contributed by atoms with Crippen LogP contribution in [0.4, 0.5) is 0 Å². The molecule has 0 bridgehead atoms. The van der Waals surface area contributed by atoms with Crippen molar-refractivity contribution in [2.45, 2.75) is 32.6 Å². The third kappa shape index (κ3) is 1.65. The van der Waals surface area contributed by atoms with E-state index >= 15 is 0 Å². The number of rotatable bonds is 0. The van der Waals surface area contributed by atoms with Gasteiger partial charge in [0.05, 0.1) is 0 Å². The molecule has 1 aromatic heterocycles. The van der Waals surface area contributed by atoms with Crippen molar-refractivity contribution >= 4 is 11.3 Å². The summed E-state index contributed by atoms with van der Waals surface area (Å²) < 4.78 is 0. The molecule has 1 aromatic rings. The summed E-state index contributed by atoms with van der Waals surface area (Å²) in [4.78, 5) is 3.05. The van der Waals surface area contributed by atoms with Gasteiger partial charge in [-0.25, -0.2) is 0 Å². The Kier molecular flexibility index (Phi) is 2.20. The van der Waals surface area contributed by atoms with Gasteiger partial charge in [-0.3, -0.25) is 0 Å². The Morgan fingerprint density at radius 2 is 2.23 bits per heavy atom. The van der Waals surface area contributed by atoms with Crippen LogP contribution in [0.5, 0.6) is 0 Å². The summed E-state index contributed by atoms with van der Waals surface area (Å²) in [6, 6.07) is 2.36. The van der Waals surface area contributed by atoms with E-state index in [1.807, 2.05) is 11.3 Å². The maximum atomic E-state index is 3.50. The highest BCUT2D eigenvalue weighted by atomic mass is 32.1. The van der Waals surface area contributed by atoms with E-state index in [0.29, 0.717) is 5.41 Å². The van der Waals surface area contributed by atoms with Crippen LogP contribution < -0.4 is 5.32 Å². The molecule has 0 atom stereocenters. The van der Waals surface area contributed by atoms with Crippen molar-refractivity contribution in [3.63, 3.8) is 0 Å². The average molecular weight is 195 g/mol. The first kappa shape index (κ1) is 9.22. The van der Waals surface area contributed by atoms with Crippen LogP contribution in [0.2, 0.25) is 0 Å². The topological polar surface area (TPSA) is 12.0 Å². The Hall–Kier alpha value is -0.340. The average Bonchev–Trinajstić information content (AvgIpc) is 2.36. The van der Waals surface area contributed by atoms with Crippen LogP contribution in [0.25, 0.3) is 0 Å². The predicted molar refractivity (Wildman–Crippen MR) is 58.7 cm³/mol. The Bertz CT molecular complexity index is 312. The summed E-state index contributed by atoms with van der Waals surface area (Å²) in [5, 5.41) is 3.50. The molecule has 0 fully saturated rings. The standard InChI is InChI=1S/C11H17NS/c1-8-6-9-4-5-12-7-11(2,3)10(9)13-8/h6,12H,4-5,7H2,1-3H3. The fourth-order valence-electron chi connectivity index (χ4n) is 2.03. The van der Waals surface area contributed by atoms with Gasteiger partial charge in [-0.2, -0.15) is 0 Å². The second kappa shape index (κ2) is 3.10. The van der Waals surface area contributed by atoms with E-state index in [0.717, 1.165) is 13.1 Å². The molecule has 1 aliphatic rings. The highest BCUT2D eigenvalue weighted by Gasteiger charge is 2.27. The van der Waals surface area contributed by atoms with Crippen molar-refractivity contribution < 1.29 is 0 Å². The summed E-state index contributed by atoms with van der Waals surface area (Å²) in [6.07, 6.45) is 1.20. The van der Waals surface area contributed by atoms with Crippen molar-refractivity contribution in [1.82, 2.24) is 5.32 Å². The van der Waals surface area contributed by atoms with Gasteiger partial charge in [0.25, 0.3) is 0 Å². The molecule has 0 spiro atoms. The molecule has 0 amide bonds. The van der Waals surface area contributed by atoms with Crippen LogP contribution in [-0.2, 0) is 11.8 Å². The van der Waals surface area contributed by atoms with E-state index in [2.05, 4.69) is 32.2 Å². The molecule has 1 N–H and O–H groups in total. The number of fused-ring (bicyclic) bond motifs is 1. The molecule has 0 saturated heterocycles. The molecule has 0 radical (unpaired) electrons. The summed E-state index contributed by atoms with van der Waals surface area (Å²) in [6.45, 7) is 9.12. The van der Waals surface area contributed by atoms with Gasteiger partial charge in [0.15, 0.2) is 0 Å². The van der Waals surface area contributed by atoms with Crippen LogP contribution in [0.1, 0.15) is 29.2 Å². The highest BCUT2D eigenvalue weighted by molar-refractivity contribution is 7.12. The summed E-state index contributed by atoms with van der Waals surface area (Å²) >= 11 is 1.97. The van der Waals surface area contributed by atoms with E-state index in [9.17, 15) is 0 Å². The zero-order valence-electron chi connectivity index (χ0n) is 8.61. The van der Waals surface area contributed by atoms with Gasteiger partial charge in [-0.1, -0.05) is 13.8 Å². The summed E-state index contributed by atoms with van der Waals surface area (Å²) in [5.41, 5.74) is 1.89. The van der Waals surface area contributed by atoms with Gasteiger partial charge >= 0.3 is 0 Å². The molecule has 0 aromatic carbocycles. The quantitative estimate of drug-likeness (QED) is 0.670. The van der Waals surface area contributed by atoms with Crippen LogP contribution in [0.3, 0.4) is 0 Å². The summed E-state index contributed by atoms with van der Waals surface area (Å²) in [7, 11) is 0. The first-order chi connectivity index (χ1) is 6.09. The molecule has 0 unspecified atom stereocenters. The van der Waals surface area contributed by atoms with Crippen molar-refractivity contribution in [1.29, 1.82) is 0 Å². The second-order valence-electron chi connectivity index (χ2n) is 4.52. The SMILES string of the molecule is Cc1cc2c(s1)C(C)(C)CNCC2. The van der Waals surface area contributed by atoms with Crippen molar-refractivity contribution in [2.75, 3.05) is 13.1 Å². The lowest BCUT2D eigenvalue weighted by atomic mass is 9.89. The fourth-order valence-corrected chi connectivity index (χ4v) is 3.19. The normalized spacial score (nSPS) is 20.8. The zero-order valence-corrected chi connectivity index (χ0v) is 9.42. The van der Waals surface area contributed by atoms with Gasteiger partial charge in [-0.15, -0.1) is 11.3 Å². The summed E-state index contributed by atoms with van der Waals surface area (Å²) in [5.74, 6) is 0. The lowest BCUT2D eigenvalue weighted by Crippen LogP contribution is -2.30. The van der Waals surface area contributed by atoms with E-state index in [4.69, 9.17) is 0 Å². The molecule has 0 aliphatic carbocycles. The number of hydrogen-bond donors (Lipinski definition) is 1. The minimum Gasteiger partial charge on any atom is -0.316 e. The number of nitrogens with one attached hydrogen (secondary N) is 1. The zero-order chi connectivity index (χ0) is 9.47. The molecule has 0 saturated carbocycles. The van der Waals surface area contributed by atoms with Crippen molar-refractivity contribution in [3.8, 4) is 0 Å². The predicted octanol–water partition coefficient (Wildman–Crippen LogP) is 2.48. The lowest BCUT2D eigenvalue weighted by molar-refractivity contribution is 0.496. The molecular formula is C11H17NS. The minimum absolute atomic E-state index is 0.324. The smallest absolute Gasteiger partial charge is 0.0149 e. The molecule has 72 valence electrons. The number of thiophene rings is 1. The first-order valence-corrected chi connectivity index (χ1v) is 5.72. The molecular weight excluding hydrogens is 178 g/mol. The second-order valence-corrected chi connectivity index (χ2v) is 5.78. The largest absolute Gasteiger partial charge is 0.316 e. The maximum absolute atomic E-state index is 3.50. The van der Waals surface area contributed by atoms with E-state index in [1.165, 1.54) is 11.3 Å². The van der Waals surface area contributed by atoms with Crippen molar-refractivity contribution in [2.24, 2.45) is 0 Å². The lowest BCUT2D eigenvalue weighted by Gasteiger charge is -2.22. The van der Waals surface area contributed by atoms with E-state index in [-0.39, 0.29) is 0 Å². The van der Waals surface area contributed by atoms with Crippen molar-refractivity contribution in [3.05, 3.63) is 21.4 Å². The highest BCUT2D eigenvalue weighted by Crippen LogP contribution is 2.34. The molecule has 13 heavy (non-hydrogen) atoms. The van der Waals surface area contributed by atoms with Crippen LogP contribution in [0, 0.1) is 6.92 Å². The third-order valence-electron chi connectivity index (χ3n) is 2.68. The molecule has 2 heteroatoms. The van der Waals surface area contributed by atoms with Crippen LogP contribution >= 0.6 is 11.3 Å². The van der Waals surface area contributed by atoms with Gasteiger partial charge < -0.3 is 5.32 Å². The number of aryl methyl sites for hydroxylation is 1. The molecule has 2 rings (SSSR count). The fraction of sp³-hybridized carbons (Fsp3) is 0.636. The Morgan fingerprint density at radius 3 is 3.00 bits per heavy atom.